The minimum absolute atomic E-state index is 0.0768. The number of unbranched alkanes of at least 4 members (excludes halogenated alkanes) is 1. The lowest BCUT2D eigenvalue weighted by Gasteiger charge is -2.25. The van der Waals surface area contributed by atoms with Gasteiger partial charge in [-0.3, -0.25) is 28.8 Å². The molecule has 0 bridgehead atoms. The Morgan fingerprint density at radius 1 is 0.676 bits per heavy atom. The van der Waals surface area contributed by atoms with Crippen molar-refractivity contribution in [2.24, 2.45) is 23.5 Å². The van der Waals surface area contributed by atoms with E-state index in [0.717, 1.165) is 6.42 Å². The molecule has 0 saturated carbocycles. The smallest absolute Gasteiger partial charge is 0.481 e. The molecule has 1 aromatic rings. The van der Waals surface area contributed by atoms with Crippen molar-refractivity contribution >= 4 is 64.9 Å². The van der Waals surface area contributed by atoms with E-state index in [1.807, 2.05) is 20.1 Å². The zero-order valence-corrected chi connectivity index (χ0v) is 37.7. The van der Waals surface area contributed by atoms with Gasteiger partial charge in [0.1, 0.15) is 17.9 Å². The van der Waals surface area contributed by atoms with Crippen LogP contribution < -0.4 is 27.8 Å². The van der Waals surface area contributed by atoms with Gasteiger partial charge in [-0.2, -0.15) is 51.3 Å². The van der Waals surface area contributed by atoms with Gasteiger partial charge in [0.15, 0.2) is 11.6 Å². The molecule has 0 aromatic heterocycles. The first kappa shape index (κ1) is 66.7. The van der Waals surface area contributed by atoms with E-state index in [1.54, 1.807) is 0 Å². The highest BCUT2D eigenvalue weighted by Gasteiger charge is 2.40. The van der Waals surface area contributed by atoms with E-state index in [-0.39, 0.29) is 37.4 Å². The maximum absolute atomic E-state index is 13.7. The molecule has 0 aliphatic heterocycles. The average molecular weight is 1030 g/mol. The third-order valence-corrected chi connectivity index (χ3v) is 9.29. The standard InChI is InChI=1S/C33H52FN5O7S.3C2HF3O2/c1-20(2)16-25(36)28(40)19-23(17-21-7-9-24(34)10-8-21)33(46)38-26(11-12-30(42)43)29(41)18-22(13-15-47-3)32(45)39-27(31(37)44)6-4-5-14-35;3*3-2(4,5)1(6)7/h7-10,20,22-23,25-27H,4-6,11-19,35-36H2,1-3H3,(H2,37,44)(H,38,46)(H,39,45)(H,42,43);3*(H,6,7)/p+2/t22-,23-,25+,26+,27+;;;/m1.../s1. The van der Waals surface area contributed by atoms with Crippen LogP contribution in [0.4, 0.5) is 43.9 Å². The van der Waals surface area contributed by atoms with Crippen LogP contribution in [-0.2, 0) is 49.6 Å². The van der Waals surface area contributed by atoms with Crippen molar-refractivity contribution in [2.75, 3.05) is 18.6 Å². The van der Waals surface area contributed by atoms with E-state index < -0.39 is 108 Å². The Morgan fingerprint density at radius 2 is 1.10 bits per heavy atom. The third-order valence-electron chi connectivity index (χ3n) is 8.65. The topological polar surface area (TPSA) is 340 Å². The summed E-state index contributed by atoms with van der Waals surface area (Å²) in [5.74, 6) is -13.6. The number of hydrogen-bond acceptors (Lipinski definition) is 10. The number of thioether (sulfide) groups is 1. The molecule has 390 valence electrons. The Kier molecular flexibility index (Phi) is 32.4. The van der Waals surface area contributed by atoms with Crippen molar-refractivity contribution in [3.05, 3.63) is 35.6 Å². The summed E-state index contributed by atoms with van der Waals surface area (Å²) in [6.45, 7) is 4.58. The summed E-state index contributed by atoms with van der Waals surface area (Å²) in [5, 5.41) is 36.1. The second-order valence-electron chi connectivity index (χ2n) is 14.9. The van der Waals surface area contributed by atoms with E-state index in [1.165, 1.54) is 36.0 Å². The predicted molar refractivity (Wildman–Crippen MR) is 218 cm³/mol. The highest BCUT2D eigenvalue weighted by molar-refractivity contribution is 7.98. The fraction of sp³-hybridized carbons (Fsp3) is 0.615. The lowest BCUT2D eigenvalue weighted by Crippen LogP contribution is -2.65. The minimum atomic E-state index is -5.08. The first-order valence-electron chi connectivity index (χ1n) is 19.9. The van der Waals surface area contributed by atoms with Crippen LogP contribution >= 0.6 is 11.8 Å². The number of carbonyl (C=O) groups is 9. The number of carboxylic acids is 4. The second-order valence-corrected chi connectivity index (χ2v) is 15.9. The van der Waals surface area contributed by atoms with E-state index in [2.05, 4.69) is 22.1 Å². The average Bonchev–Trinajstić information content (AvgIpc) is 3.20. The summed E-state index contributed by atoms with van der Waals surface area (Å²) in [6, 6.07) is 2.80. The van der Waals surface area contributed by atoms with Crippen molar-refractivity contribution in [2.45, 2.75) is 115 Å². The molecule has 3 amide bonds. The number of halogens is 10. The summed E-state index contributed by atoms with van der Waals surface area (Å²) in [6.07, 6.45) is -11.9. The van der Waals surface area contributed by atoms with Crippen LogP contribution in [0.2, 0.25) is 0 Å². The molecule has 0 aliphatic carbocycles. The van der Waals surface area contributed by atoms with Gasteiger partial charge in [-0.1, -0.05) is 26.0 Å². The predicted octanol–water partition coefficient (Wildman–Crippen LogP) is 2.56. The number of nitrogens with two attached hydrogens (primary N) is 1. The number of nitrogens with one attached hydrogen (secondary N) is 2. The normalized spacial score (nSPS) is 13.5. The largest absolute Gasteiger partial charge is 0.490 e. The number of amides is 3. The lowest BCUT2D eigenvalue weighted by atomic mass is 9.88. The molecule has 29 heteroatoms. The van der Waals surface area contributed by atoms with Crippen LogP contribution in [0.15, 0.2) is 24.3 Å². The van der Waals surface area contributed by atoms with Gasteiger partial charge in [0.25, 0.3) is 0 Å². The number of quaternary nitrogens is 2. The molecule has 5 atom stereocenters. The van der Waals surface area contributed by atoms with Gasteiger partial charge in [0.2, 0.25) is 17.7 Å². The molecule has 0 spiro atoms. The van der Waals surface area contributed by atoms with Crippen LogP contribution in [-0.4, -0.2) is 129 Å². The second kappa shape index (κ2) is 33.0. The molecule has 1 rings (SSSR count). The van der Waals surface area contributed by atoms with Gasteiger partial charge >= 0.3 is 42.4 Å². The molecule has 14 N–H and O–H groups in total. The first-order chi connectivity index (χ1) is 31.0. The van der Waals surface area contributed by atoms with Crippen LogP contribution in [0, 0.1) is 23.6 Å². The number of ketones is 2. The zero-order chi connectivity index (χ0) is 53.7. The maximum Gasteiger partial charge on any atom is 0.490 e. The molecule has 1 aromatic carbocycles. The molecule has 0 aliphatic rings. The van der Waals surface area contributed by atoms with E-state index in [4.69, 9.17) is 35.4 Å². The number of benzene rings is 1. The van der Waals surface area contributed by atoms with Crippen molar-refractivity contribution in [1.82, 2.24) is 10.6 Å². The monoisotopic (exact) mass is 1030 g/mol. The van der Waals surface area contributed by atoms with Gasteiger partial charge in [-0.05, 0) is 74.1 Å². The van der Waals surface area contributed by atoms with Gasteiger partial charge in [0.05, 0.1) is 12.6 Å². The summed E-state index contributed by atoms with van der Waals surface area (Å²) in [7, 11) is 0. The molecule has 68 heavy (non-hydrogen) atoms. The van der Waals surface area contributed by atoms with Crippen molar-refractivity contribution in [3.63, 3.8) is 0 Å². The Morgan fingerprint density at radius 3 is 1.49 bits per heavy atom. The van der Waals surface area contributed by atoms with Crippen molar-refractivity contribution in [1.29, 1.82) is 0 Å². The fourth-order valence-electron chi connectivity index (χ4n) is 5.22. The minimum Gasteiger partial charge on any atom is -0.481 e. The van der Waals surface area contributed by atoms with E-state index >= 15 is 0 Å². The number of hydrogen-bond donors (Lipinski definition) is 9. The van der Waals surface area contributed by atoms with Crippen molar-refractivity contribution < 1.29 is 119 Å². The number of carboxylic acid groups (broad SMARTS) is 4. The Balaban J connectivity index is -0.00000165. The SMILES string of the molecule is CSCC[C@H](CC(=O)[C@H](CCC(=O)O)NC(=O)[C@@H](CC(=O)[C@@H]([NH3+])CC(C)C)Cc1ccc(F)cc1)C(=O)N[C@@H](CCCC[NH3+])C(N)=O.O=C(O)C(F)(F)F.O=C(O)C(F)(F)F.O=C(O)C(F)(F)F. The number of Topliss-reactive ketones (excluding diaryl/α,β-unsaturated/α-hetero) is 2. The molecule has 0 saturated heterocycles. The van der Waals surface area contributed by atoms with Crippen LogP contribution in [0.1, 0.15) is 77.2 Å². The van der Waals surface area contributed by atoms with Gasteiger partial charge in [0, 0.05) is 37.5 Å². The van der Waals surface area contributed by atoms with Crippen LogP contribution in [0.5, 0.6) is 0 Å². The number of carbonyl (C=O) groups excluding carboxylic acids is 5. The van der Waals surface area contributed by atoms with Gasteiger partial charge in [-0.25, -0.2) is 18.8 Å². The summed E-state index contributed by atoms with van der Waals surface area (Å²) >= 11 is 1.47. The fourth-order valence-corrected chi connectivity index (χ4v) is 5.74. The van der Waals surface area contributed by atoms with E-state index in [0.29, 0.717) is 43.5 Å². The number of primary amides is 1. The highest BCUT2D eigenvalue weighted by Crippen LogP contribution is 2.21. The summed E-state index contributed by atoms with van der Waals surface area (Å²) in [5.41, 5.74) is 13.8. The molecule has 18 nitrogen and oxygen atoms in total. The maximum atomic E-state index is 13.7. The number of rotatable bonds is 25. The quantitative estimate of drug-likeness (QED) is 0.0502. The Hall–Kier alpha value is -5.58. The Bertz CT molecular complexity index is 1730. The third kappa shape index (κ3) is 33.0. The molecule has 0 radical (unpaired) electrons. The number of aliphatic carboxylic acids is 4. The highest BCUT2D eigenvalue weighted by atomic mass is 32.2. The van der Waals surface area contributed by atoms with E-state index in [9.17, 15) is 77.8 Å². The van der Waals surface area contributed by atoms with Crippen LogP contribution in [0.3, 0.4) is 0 Å². The van der Waals surface area contributed by atoms with Gasteiger partial charge in [-0.15, -0.1) is 0 Å². The molecular weight excluding hydrogens is 968 g/mol. The summed E-state index contributed by atoms with van der Waals surface area (Å²) < 4.78 is 109. The molecule has 0 unspecified atom stereocenters. The first-order valence-corrected chi connectivity index (χ1v) is 21.3. The molecular formula is C39H57F10N5O13S+2. The van der Waals surface area contributed by atoms with Crippen molar-refractivity contribution in [3.8, 4) is 0 Å². The summed E-state index contributed by atoms with van der Waals surface area (Å²) in [4.78, 5) is 104. The zero-order valence-electron chi connectivity index (χ0n) is 36.9. The molecule has 0 heterocycles. The number of alkyl halides is 9. The Labute approximate surface area is 386 Å². The lowest BCUT2D eigenvalue weighted by molar-refractivity contribution is -0.406. The molecule has 0 fully saturated rings. The van der Waals surface area contributed by atoms with Gasteiger partial charge < -0.3 is 48.3 Å². The van der Waals surface area contributed by atoms with Crippen LogP contribution in [0.25, 0.3) is 0 Å².